The van der Waals surface area contributed by atoms with Crippen molar-refractivity contribution in [1.29, 1.82) is 0 Å². The quantitative estimate of drug-likeness (QED) is 0.497. The average Bonchev–Trinajstić information content (AvgIpc) is 2.26. The lowest BCUT2D eigenvalue weighted by Crippen LogP contribution is -2.29. The summed E-state index contributed by atoms with van der Waals surface area (Å²) < 4.78 is 1.02. The Hall–Kier alpha value is -0.940. The van der Waals surface area contributed by atoms with Gasteiger partial charge in [-0.1, -0.05) is 34.1 Å². The number of halogens is 1. The Morgan fingerprint density at radius 1 is 1.40 bits per heavy atom. The molecule has 0 radical (unpaired) electrons. The van der Waals surface area contributed by atoms with E-state index in [0.717, 1.165) is 15.7 Å². The molecule has 5 heteroatoms. The van der Waals surface area contributed by atoms with Crippen molar-refractivity contribution in [3.8, 4) is 0 Å². The number of thiocarbonyl (C=S) groups is 1. The largest absolute Gasteiger partial charge is 0.364 e. The fourth-order valence-electron chi connectivity index (χ4n) is 1.01. The van der Waals surface area contributed by atoms with Crippen molar-refractivity contribution in [2.45, 2.75) is 6.92 Å². The monoisotopic (exact) mass is 285 g/mol. The molecule has 0 atom stereocenters. The maximum Gasteiger partial charge on any atom is 0.186 e. The minimum Gasteiger partial charge on any atom is -0.364 e. The van der Waals surface area contributed by atoms with Gasteiger partial charge in [-0.2, -0.15) is 5.10 Å². The maximum atomic E-state index is 4.92. The van der Waals surface area contributed by atoms with Gasteiger partial charge in [-0.05, 0) is 25.2 Å². The molecule has 0 saturated carbocycles. The molecule has 0 aliphatic carbocycles. The van der Waals surface area contributed by atoms with E-state index in [4.69, 9.17) is 12.2 Å². The highest BCUT2D eigenvalue weighted by Crippen LogP contribution is 2.16. The van der Waals surface area contributed by atoms with Crippen molar-refractivity contribution in [2.75, 3.05) is 7.05 Å². The summed E-state index contributed by atoms with van der Waals surface area (Å²) in [4.78, 5) is 0. The summed E-state index contributed by atoms with van der Waals surface area (Å²) in [6, 6.07) is 7.90. The van der Waals surface area contributed by atoms with Crippen molar-refractivity contribution in [2.24, 2.45) is 5.10 Å². The van der Waals surface area contributed by atoms with Crippen molar-refractivity contribution in [1.82, 2.24) is 10.7 Å². The van der Waals surface area contributed by atoms with Crippen LogP contribution in [0.2, 0.25) is 0 Å². The van der Waals surface area contributed by atoms with E-state index in [2.05, 4.69) is 31.8 Å². The molecule has 0 aliphatic rings. The Bertz CT molecular complexity index is 390. The highest BCUT2D eigenvalue weighted by Gasteiger charge is 2.01. The third kappa shape index (κ3) is 3.60. The first-order valence-electron chi connectivity index (χ1n) is 4.42. The Labute approximate surface area is 103 Å². The lowest BCUT2D eigenvalue weighted by Gasteiger charge is -2.05. The van der Waals surface area contributed by atoms with Crippen LogP contribution in [0.3, 0.4) is 0 Å². The van der Waals surface area contributed by atoms with Gasteiger partial charge in [-0.3, -0.25) is 5.43 Å². The van der Waals surface area contributed by atoms with Crippen LogP contribution in [-0.2, 0) is 0 Å². The molecule has 0 spiro atoms. The number of nitrogens with zero attached hydrogens (tertiary/aromatic N) is 1. The Morgan fingerprint density at radius 2 is 2.07 bits per heavy atom. The Balaban J connectivity index is 2.80. The van der Waals surface area contributed by atoms with Gasteiger partial charge in [0.1, 0.15) is 0 Å². The fraction of sp³-hybridized carbons (Fsp3) is 0.200. The zero-order valence-electron chi connectivity index (χ0n) is 8.54. The van der Waals surface area contributed by atoms with E-state index in [9.17, 15) is 0 Å². The number of hydrogen-bond donors (Lipinski definition) is 2. The second kappa shape index (κ2) is 5.82. The van der Waals surface area contributed by atoms with Crippen LogP contribution in [-0.4, -0.2) is 17.9 Å². The molecule has 0 fully saturated rings. The van der Waals surface area contributed by atoms with Gasteiger partial charge in [0, 0.05) is 17.1 Å². The van der Waals surface area contributed by atoms with Crippen molar-refractivity contribution >= 4 is 39.0 Å². The first-order valence-corrected chi connectivity index (χ1v) is 5.62. The SMILES string of the molecule is CNC(=S)N/N=C(/C)c1ccccc1Br. The molecule has 0 bridgehead atoms. The highest BCUT2D eigenvalue weighted by atomic mass is 79.9. The van der Waals surface area contributed by atoms with Gasteiger partial charge in [0.15, 0.2) is 5.11 Å². The van der Waals surface area contributed by atoms with Gasteiger partial charge in [0.25, 0.3) is 0 Å². The molecule has 0 unspecified atom stereocenters. The molecule has 0 aromatic heterocycles. The van der Waals surface area contributed by atoms with E-state index in [1.807, 2.05) is 31.2 Å². The number of benzene rings is 1. The van der Waals surface area contributed by atoms with Crippen LogP contribution < -0.4 is 10.7 Å². The Morgan fingerprint density at radius 3 is 2.67 bits per heavy atom. The highest BCUT2D eigenvalue weighted by molar-refractivity contribution is 9.10. The van der Waals surface area contributed by atoms with E-state index < -0.39 is 0 Å². The van der Waals surface area contributed by atoms with Gasteiger partial charge in [0.05, 0.1) is 5.71 Å². The molecule has 1 aromatic carbocycles. The average molecular weight is 286 g/mol. The molecule has 0 amide bonds. The lowest BCUT2D eigenvalue weighted by atomic mass is 10.1. The number of hydrazone groups is 1. The number of hydrogen-bond acceptors (Lipinski definition) is 2. The molecular weight excluding hydrogens is 274 g/mol. The number of rotatable bonds is 2. The van der Waals surface area contributed by atoms with Crippen molar-refractivity contribution < 1.29 is 0 Å². The smallest absolute Gasteiger partial charge is 0.186 e. The molecule has 15 heavy (non-hydrogen) atoms. The second-order valence-corrected chi connectivity index (χ2v) is 4.13. The number of nitrogens with one attached hydrogen (secondary N) is 2. The van der Waals surface area contributed by atoms with Crippen molar-refractivity contribution in [3.05, 3.63) is 34.3 Å². The predicted octanol–water partition coefficient (Wildman–Crippen LogP) is 2.27. The maximum absolute atomic E-state index is 4.92. The third-order valence-corrected chi connectivity index (χ3v) is 2.80. The van der Waals surface area contributed by atoms with Crippen LogP contribution in [0.4, 0.5) is 0 Å². The van der Waals surface area contributed by atoms with Crippen LogP contribution in [0.25, 0.3) is 0 Å². The van der Waals surface area contributed by atoms with Crippen LogP contribution in [0.1, 0.15) is 12.5 Å². The van der Waals surface area contributed by atoms with Gasteiger partial charge >= 0.3 is 0 Å². The van der Waals surface area contributed by atoms with Gasteiger partial charge < -0.3 is 5.32 Å². The molecular formula is C10H12BrN3S. The van der Waals surface area contributed by atoms with E-state index in [0.29, 0.717) is 5.11 Å². The van der Waals surface area contributed by atoms with E-state index in [1.165, 1.54) is 0 Å². The fourth-order valence-corrected chi connectivity index (χ4v) is 1.62. The summed E-state index contributed by atoms with van der Waals surface area (Å²) in [5.74, 6) is 0. The minimum atomic E-state index is 0.501. The van der Waals surface area contributed by atoms with E-state index in [1.54, 1.807) is 7.05 Å². The summed E-state index contributed by atoms with van der Waals surface area (Å²) in [7, 11) is 1.75. The molecule has 0 saturated heterocycles. The Kier molecular flexibility index (Phi) is 4.71. The molecule has 2 N–H and O–H groups in total. The molecule has 0 heterocycles. The van der Waals surface area contributed by atoms with Gasteiger partial charge in [0.2, 0.25) is 0 Å². The van der Waals surface area contributed by atoms with Crippen LogP contribution in [0.5, 0.6) is 0 Å². The van der Waals surface area contributed by atoms with Crippen LogP contribution in [0, 0.1) is 0 Å². The van der Waals surface area contributed by atoms with Crippen LogP contribution >= 0.6 is 28.1 Å². The van der Waals surface area contributed by atoms with Gasteiger partial charge in [-0.25, -0.2) is 0 Å². The standard InChI is InChI=1S/C10H12BrN3S/c1-7(13-14-10(15)12-2)8-5-3-4-6-9(8)11/h3-6H,1-2H3,(H2,12,14,15)/b13-7-. The summed E-state index contributed by atoms with van der Waals surface area (Å²) >= 11 is 8.38. The summed E-state index contributed by atoms with van der Waals surface area (Å²) in [6.07, 6.45) is 0. The summed E-state index contributed by atoms with van der Waals surface area (Å²) in [6.45, 7) is 1.92. The zero-order valence-corrected chi connectivity index (χ0v) is 10.9. The third-order valence-electron chi connectivity index (χ3n) is 1.82. The second-order valence-electron chi connectivity index (χ2n) is 2.87. The topological polar surface area (TPSA) is 36.4 Å². The molecule has 80 valence electrons. The molecule has 0 aliphatic heterocycles. The van der Waals surface area contributed by atoms with E-state index >= 15 is 0 Å². The van der Waals surface area contributed by atoms with Gasteiger partial charge in [-0.15, -0.1) is 0 Å². The zero-order chi connectivity index (χ0) is 11.3. The summed E-state index contributed by atoms with van der Waals surface area (Å²) in [5, 5.41) is 7.45. The lowest BCUT2D eigenvalue weighted by molar-refractivity contribution is 0.973. The molecule has 1 aromatic rings. The summed E-state index contributed by atoms with van der Waals surface area (Å²) in [5.41, 5.74) is 4.67. The molecule has 1 rings (SSSR count). The van der Waals surface area contributed by atoms with Crippen LogP contribution in [0.15, 0.2) is 33.8 Å². The van der Waals surface area contributed by atoms with E-state index in [-0.39, 0.29) is 0 Å². The first-order chi connectivity index (χ1) is 7.15. The van der Waals surface area contributed by atoms with Crippen molar-refractivity contribution in [3.63, 3.8) is 0 Å². The molecule has 3 nitrogen and oxygen atoms in total. The normalized spacial score (nSPS) is 11.0. The predicted molar refractivity (Wildman–Crippen MR) is 71.1 cm³/mol. The minimum absolute atomic E-state index is 0.501. The first kappa shape index (κ1) is 12.1.